The molecule has 0 radical (unpaired) electrons. The van der Waals surface area contributed by atoms with Crippen LogP contribution in [-0.4, -0.2) is 97.9 Å². The smallest absolute Gasteiger partial charge is 0.381 e. The van der Waals surface area contributed by atoms with E-state index >= 15 is 0 Å². The molecule has 0 saturated carbocycles. The van der Waals surface area contributed by atoms with Gasteiger partial charge in [-0.05, 0) is 73.1 Å². The van der Waals surface area contributed by atoms with Gasteiger partial charge in [0.15, 0.2) is 6.67 Å². The number of unbranched alkanes of at least 4 members (excludes halogenated alkanes) is 8. The van der Waals surface area contributed by atoms with Crippen molar-refractivity contribution in [1.29, 1.82) is 0 Å². The molecule has 0 amide bonds. The lowest BCUT2D eigenvalue weighted by Crippen LogP contribution is -2.15. The highest BCUT2D eigenvalue weighted by Gasteiger charge is 2.22. The molecule has 286 valence electrons. The maximum atomic E-state index is 10.6. The van der Waals surface area contributed by atoms with Crippen molar-refractivity contribution in [3.63, 3.8) is 0 Å². The van der Waals surface area contributed by atoms with Crippen LogP contribution in [0.3, 0.4) is 0 Å². The molecule has 0 aliphatic rings. The number of hydrogen-bond donors (Lipinski definition) is 8. The van der Waals surface area contributed by atoms with Gasteiger partial charge in [-0.25, -0.2) is 4.39 Å². The first kappa shape index (κ1) is 63.2. The second kappa shape index (κ2) is 55.8. The Balaban J connectivity index is -0.0000000597. The van der Waals surface area contributed by atoms with Crippen LogP contribution in [0.1, 0.15) is 160 Å². The van der Waals surface area contributed by atoms with Crippen LogP contribution in [0.15, 0.2) is 0 Å². The minimum absolute atomic E-state index is 0.116. The van der Waals surface area contributed by atoms with Crippen LogP contribution in [0.2, 0.25) is 0 Å². The Bertz CT molecular complexity index is 390. The third-order valence-electron chi connectivity index (χ3n) is 3.86. The van der Waals surface area contributed by atoms with Gasteiger partial charge in [-0.1, -0.05) is 92.9 Å². The van der Waals surface area contributed by atoms with Crippen molar-refractivity contribution in [2.24, 2.45) is 5.92 Å². The lowest BCUT2D eigenvalue weighted by atomic mass is 10.1. The van der Waals surface area contributed by atoms with Gasteiger partial charge in [-0.3, -0.25) is 0 Å². The summed E-state index contributed by atoms with van der Waals surface area (Å²) in [7, 11) is 0. The van der Waals surface area contributed by atoms with Crippen molar-refractivity contribution < 1.29 is 54.0 Å². The van der Waals surface area contributed by atoms with Crippen molar-refractivity contribution in [2.45, 2.75) is 184 Å². The number of aliphatic hydroxyl groups excluding tert-OH is 6. The van der Waals surface area contributed by atoms with Gasteiger partial charge in [-0.15, -0.1) is 0 Å². The van der Waals surface area contributed by atoms with Crippen LogP contribution < -0.4 is 0 Å². The highest BCUT2D eigenvalue weighted by atomic mass is 19.3. The Kier molecular flexibility index (Phi) is 78.4. The van der Waals surface area contributed by atoms with E-state index < -0.39 is 18.4 Å². The Hall–Kier alpha value is -0.530. The Morgan fingerprint density at radius 3 is 0.889 bits per heavy atom. The third kappa shape index (κ3) is 245. The molecule has 0 saturated heterocycles. The molecule has 0 aliphatic heterocycles. The summed E-state index contributed by atoms with van der Waals surface area (Å²) in [6, 6.07) is 0. The van der Waals surface area contributed by atoms with Crippen LogP contribution in [0, 0.1) is 5.92 Å². The maximum Gasteiger partial charge on any atom is 0.381 e. The van der Waals surface area contributed by atoms with Crippen LogP contribution in [-0.2, 0) is 0 Å². The molecule has 1 unspecified atom stereocenters. The van der Waals surface area contributed by atoms with Gasteiger partial charge in [0.2, 0.25) is 0 Å². The molecular formula is C34H81F3O8. The summed E-state index contributed by atoms with van der Waals surface area (Å²) >= 11 is 0. The normalized spacial score (nSPS) is 10.6. The van der Waals surface area contributed by atoms with Gasteiger partial charge in [0.05, 0.1) is 11.7 Å². The Morgan fingerprint density at radius 2 is 0.778 bits per heavy atom. The number of alkyl halides is 3. The first-order chi connectivity index (χ1) is 20.6. The summed E-state index contributed by atoms with van der Waals surface area (Å²) in [5.41, 5.74) is -0.500. The van der Waals surface area contributed by atoms with Crippen LogP contribution >= 0.6 is 0 Å². The summed E-state index contributed by atoms with van der Waals surface area (Å²) in [4.78, 5) is 0. The Morgan fingerprint density at radius 1 is 0.556 bits per heavy atom. The predicted molar refractivity (Wildman–Crippen MR) is 185 cm³/mol. The number of halogens is 3. The van der Waals surface area contributed by atoms with Crippen molar-refractivity contribution in [1.82, 2.24) is 0 Å². The first-order valence-electron chi connectivity index (χ1n) is 16.8. The van der Waals surface area contributed by atoms with Gasteiger partial charge in [-0.2, -0.15) is 8.78 Å². The molecule has 1 atom stereocenters. The molecule has 0 spiro atoms. The van der Waals surface area contributed by atoms with E-state index in [1.807, 2.05) is 27.7 Å². The van der Waals surface area contributed by atoms with Crippen molar-refractivity contribution >= 4 is 0 Å². The van der Waals surface area contributed by atoms with E-state index in [4.69, 9.17) is 40.9 Å². The van der Waals surface area contributed by atoms with Gasteiger partial charge in [0.25, 0.3) is 0 Å². The maximum absolute atomic E-state index is 10.6. The number of rotatable bonds is 14. The van der Waals surface area contributed by atoms with E-state index in [0.29, 0.717) is 32.3 Å². The van der Waals surface area contributed by atoms with Crippen LogP contribution in [0.4, 0.5) is 13.2 Å². The van der Waals surface area contributed by atoms with E-state index in [2.05, 4.69) is 13.8 Å². The molecule has 45 heavy (non-hydrogen) atoms. The minimum atomic E-state index is -4.12. The molecule has 0 heterocycles. The Labute approximate surface area is 277 Å². The fraction of sp³-hybridized carbons (Fsp3) is 1.00. The fourth-order valence-corrected chi connectivity index (χ4v) is 1.40. The topological polar surface area (TPSA) is 162 Å². The third-order valence-corrected chi connectivity index (χ3v) is 3.86. The molecule has 0 aromatic carbocycles. The number of hydrogen-bond acceptors (Lipinski definition) is 8. The van der Waals surface area contributed by atoms with Gasteiger partial charge < -0.3 is 40.9 Å². The quantitative estimate of drug-likeness (QED) is 0.0884. The lowest BCUT2D eigenvalue weighted by Gasteiger charge is -2.04. The molecule has 0 aliphatic carbocycles. The summed E-state index contributed by atoms with van der Waals surface area (Å²) < 4.78 is 31.8. The second-order valence-electron chi connectivity index (χ2n) is 11.9. The van der Waals surface area contributed by atoms with Crippen molar-refractivity contribution in [3.05, 3.63) is 0 Å². The minimum Gasteiger partial charge on any atom is -0.396 e. The lowest BCUT2D eigenvalue weighted by molar-refractivity contribution is -0.208. The van der Waals surface area contributed by atoms with E-state index in [0.717, 1.165) is 32.1 Å². The fourth-order valence-electron chi connectivity index (χ4n) is 1.40. The molecule has 8 N–H and O–H groups in total. The average Bonchev–Trinajstić information content (AvgIpc) is 2.93. The molecular weight excluding hydrogens is 593 g/mol. The van der Waals surface area contributed by atoms with Crippen molar-refractivity contribution in [2.75, 3.05) is 33.1 Å². The van der Waals surface area contributed by atoms with Gasteiger partial charge >= 0.3 is 6.11 Å². The monoisotopic (exact) mass is 675 g/mol. The highest BCUT2D eigenvalue weighted by molar-refractivity contribution is 4.51. The van der Waals surface area contributed by atoms with Crippen LogP contribution in [0.25, 0.3) is 0 Å². The number of aliphatic hydroxyl groups is 8. The summed E-state index contributed by atoms with van der Waals surface area (Å²) in [6.07, 6.45) is 9.75. The summed E-state index contributed by atoms with van der Waals surface area (Å²) in [6.45, 7) is 21.9. The SMILES string of the molecule is CC(C)(C)O.CC(C)CO.CC(C)O.CCC(C)O.CCCCCCCCCCO.CCCCO.CCCO.OC(F)(F)CF. The zero-order chi connectivity index (χ0) is 37.8. The van der Waals surface area contributed by atoms with Gasteiger partial charge in [0, 0.05) is 32.5 Å². The van der Waals surface area contributed by atoms with E-state index in [1.54, 1.807) is 41.5 Å². The molecule has 0 aromatic heterocycles. The zero-order valence-electron chi connectivity index (χ0n) is 31.5. The predicted octanol–water partition coefficient (Wildman–Crippen LogP) is 7.40. The zero-order valence-corrected chi connectivity index (χ0v) is 31.5. The molecule has 0 aromatic rings. The van der Waals surface area contributed by atoms with Crippen molar-refractivity contribution in [3.8, 4) is 0 Å². The average molecular weight is 675 g/mol. The molecule has 0 bridgehead atoms. The summed E-state index contributed by atoms with van der Waals surface area (Å²) in [5, 5.41) is 64.6. The molecule has 0 fully saturated rings. The summed E-state index contributed by atoms with van der Waals surface area (Å²) in [5.74, 6) is 0.440. The van der Waals surface area contributed by atoms with E-state index in [-0.39, 0.29) is 12.2 Å². The van der Waals surface area contributed by atoms with E-state index in [9.17, 15) is 13.2 Å². The second-order valence-corrected chi connectivity index (χ2v) is 11.9. The molecule has 8 nitrogen and oxygen atoms in total. The highest BCUT2D eigenvalue weighted by Crippen LogP contribution is 2.07. The molecule has 0 rings (SSSR count). The van der Waals surface area contributed by atoms with E-state index in [1.165, 1.54) is 44.9 Å². The largest absolute Gasteiger partial charge is 0.396 e. The standard InChI is InChI=1S/C10H22O.4C4H10O.2C3H8O.C2H3F3O/c1-2-3-4-5-6-7-8-9-10-11;1-4(2,3)5;1-4(2)3-5;1-3-4(2)5;1-2-3-4-5;1-3(2)4;1-2-3-4;3-1-2(4,5)6/h11H,2-10H2,1H3;5H,1-3H3;2*4-5H,3H2,1-2H3;5H,2-4H2,1H3;3-4H,1-2H3;4H,2-3H2,1H3;6H,1H2. The first-order valence-corrected chi connectivity index (χ1v) is 16.8. The van der Waals surface area contributed by atoms with Gasteiger partial charge in [0.1, 0.15) is 0 Å². The molecule has 11 heteroatoms. The van der Waals surface area contributed by atoms with Crippen LogP contribution in [0.5, 0.6) is 0 Å².